The Morgan fingerprint density at radius 3 is 2.84 bits per heavy atom. The molecule has 0 aliphatic heterocycles. The summed E-state index contributed by atoms with van der Waals surface area (Å²) in [5.41, 5.74) is 1.76. The standard InChI is InChI=1S/C30H33N3O4S/c1-28-12-17-14-32-37-24(17)11-18(28)7-8-19-20-9-10-30(36,29(20,2)13-23(34)27(19)28)25(35)16-38-26-15-31-21-5-3-4-6-22(21)33-26/h3-6,11,14-15,19-20,23,27,34,36H,7-10,12-13,16H2,1-2H3/t19?,20?,23?,27?,28-,29-,30-/m0/s1. The molecule has 4 unspecified atom stereocenters. The fraction of sp³-hybridized carbons (Fsp3) is 0.533. The molecule has 2 N–H and O–H groups in total. The fourth-order valence-electron chi connectivity index (χ4n) is 8.75. The van der Waals surface area contributed by atoms with Crippen molar-refractivity contribution >= 4 is 34.7 Å². The average Bonchev–Trinajstić information content (AvgIpc) is 3.46. The van der Waals surface area contributed by atoms with Gasteiger partial charge in [-0.05, 0) is 79.9 Å². The summed E-state index contributed by atoms with van der Waals surface area (Å²) >= 11 is 1.33. The SMILES string of the molecule is C[C@]12Cc3cnoc3C=C1CCC1C2C(O)C[C@@]2(C)C1CC[C@]2(O)C(=O)CSc1cnc2ccccc2n1. The fourth-order valence-corrected chi connectivity index (χ4v) is 9.56. The first-order valence-electron chi connectivity index (χ1n) is 13.7. The molecule has 38 heavy (non-hydrogen) atoms. The van der Waals surface area contributed by atoms with E-state index in [0.29, 0.717) is 17.9 Å². The van der Waals surface area contributed by atoms with Crippen LogP contribution in [-0.2, 0) is 11.2 Å². The van der Waals surface area contributed by atoms with Crippen molar-refractivity contribution in [2.24, 2.45) is 28.6 Å². The highest BCUT2D eigenvalue weighted by molar-refractivity contribution is 7.99. The molecule has 7 atom stereocenters. The van der Waals surface area contributed by atoms with E-state index in [1.807, 2.05) is 24.3 Å². The number of aromatic nitrogens is 3. The number of hydrogen-bond donors (Lipinski definition) is 2. The zero-order valence-corrected chi connectivity index (χ0v) is 22.6. The van der Waals surface area contributed by atoms with Crippen LogP contribution in [0.4, 0.5) is 0 Å². The lowest BCUT2D eigenvalue weighted by Crippen LogP contribution is -2.62. The normalized spacial score (nSPS) is 37.6. The molecule has 1 aromatic carbocycles. The van der Waals surface area contributed by atoms with Crippen LogP contribution < -0.4 is 0 Å². The highest BCUT2D eigenvalue weighted by Crippen LogP contribution is 2.67. The van der Waals surface area contributed by atoms with Crippen LogP contribution >= 0.6 is 11.8 Å². The van der Waals surface area contributed by atoms with Crippen LogP contribution in [0, 0.1) is 28.6 Å². The van der Waals surface area contributed by atoms with Gasteiger partial charge < -0.3 is 14.7 Å². The maximum Gasteiger partial charge on any atom is 0.175 e. The highest BCUT2D eigenvalue weighted by Gasteiger charge is 2.68. The number of aliphatic hydroxyl groups excluding tert-OH is 1. The maximum atomic E-state index is 13.7. The highest BCUT2D eigenvalue weighted by atomic mass is 32.2. The van der Waals surface area contributed by atoms with E-state index in [1.165, 1.54) is 17.3 Å². The average molecular weight is 532 g/mol. The van der Waals surface area contributed by atoms with Crippen molar-refractivity contribution in [1.29, 1.82) is 0 Å². The number of carbonyl (C=O) groups excluding carboxylic acids is 1. The molecule has 8 heteroatoms. The third-order valence-corrected chi connectivity index (χ3v) is 11.5. The molecular weight excluding hydrogens is 498 g/mol. The summed E-state index contributed by atoms with van der Waals surface area (Å²) in [5.74, 6) is 1.36. The Balaban J connectivity index is 1.13. The molecule has 3 aromatic rings. The van der Waals surface area contributed by atoms with E-state index in [0.717, 1.165) is 48.0 Å². The van der Waals surface area contributed by atoms with E-state index in [1.54, 1.807) is 12.4 Å². The van der Waals surface area contributed by atoms with Crippen LogP contribution in [0.5, 0.6) is 0 Å². The Morgan fingerprint density at radius 2 is 2.00 bits per heavy atom. The van der Waals surface area contributed by atoms with Crippen LogP contribution in [0.1, 0.15) is 57.3 Å². The van der Waals surface area contributed by atoms with Crippen LogP contribution in [-0.4, -0.2) is 48.6 Å². The van der Waals surface area contributed by atoms with Crippen molar-refractivity contribution in [2.45, 2.75) is 69.1 Å². The molecule has 0 saturated heterocycles. The molecule has 3 saturated carbocycles. The molecule has 7 rings (SSSR count). The number of para-hydroxylation sites is 2. The molecule has 4 aliphatic carbocycles. The third-order valence-electron chi connectivity index (χ3n) is 10.6. The number of thioether (sulfide) groups is 1. The second-order valence-electron chi connectivity index (χ2n) is 12.3. The van der Waals surface area contributed by atoms with Gasteiger partial charge in [-0.3, -0.25) is 9.78 Å². The minimum atomic E-state index is -1.45. The summed E-state index contributed by atoms with van der Waals surface area (Å²) in [7, 11) is 0. The monoisotopic (exact) mass is 531 g/mol. The van der Waals surface area contributed by atoms with Crippen molar-refractivity contribution in [1.82, 2.24) is 15.1 Å². The van der Waals surface area contributed by atoms with E-state index in [-0.39, 0.29) is 34.7 Å². The minimum Gasteiger partial charge on any atom is -0.393 e. The molecule has 2 aromatic heterocycles. The van der Waals surface area contributed by atoms with E-state index >= 15 is 0 Å². The Hall–Kier alpha value is -2.55. The minimum absolute atomic E-state index is 0.0864. The van der Waals surface area contributed by atoms with Gasteiger partial charge in [0.2, 0.25) is 0 Å². The first-order valence-corrected chi connectivity index (χ1v) is 14.6. The van der Waals surface area contributed by atoms with Crippen molar-refractivity contribution in [3.63, 3.8) is 0 Å². The predicted octanol–water partition coefficient (Wildman–Crippen LogP) is 4.86. The lowest BCUT2D eigenvalue weighted by Gasteiger charge is -2.60. The van der Waals surface area contributed by atoms with Crippen LogP contribution in [0.25, 0.3) is 17.1 Å². The number of benzene rings is 1. The van der Waals surface area contributed by atoms with Gasteiger partial charge in [0.25, 0.3) is 0 Å². The zero-order chi connectivity index (χ0) is 26.3. The number of nitrogens with zero attached hydrogens (tertiary/aromatic N) is 3. The molecule has 7 nitrogen and oxygen atoms in total. The van der Waals surface area contributed by atoms with Crippen molar-refractivity contribution in [3.05, 3.63) is 53.6 Å². The number of Topliss-reactive ketones (excluding diaryl/α,β-unsaturated/α-hetero) is 1. The molecule has 2 heterocycles. The topological polar surface area (TPSA) is 109 Å². The number of fused-ring (bicyclic) bond motifs is 7. The van der Waals surface area contributed by atoms with Gasteiger partial charge in [-0.25, -0.2) is 4.98 Å². The molecule has 0 spiro atoms. The Morgan fingerprint density at radius 1 is 1.18 bits per heavy atom. The first kappa shape index (κ1) is 24.5. The first-order chi connectivity index (χ1) is 18.2. The smallest absolute Gasteiger partial charge is 0.175 e. The number of ketones is 1. The Kier molecular flexibility index (Phi) is 5.46. The van der Waals surface area contributed by atoms with Crippen molar-refractivity contribution < 1.29 is 19.5 Å². The van der Waals surface area contributed by atoms with Crippen molar-refractivity contribution in [2.75, 3.05) is 5.75 Å². The van der Waals surface area contributed by atoms with E-state index in [2.05, 4.69) is 35.0 Å². The number of carbonyl (C=O) groups is 1. The van der Waals surface area contributed by atoms with Gasteiger partial charge in [0, 0.05) is 11.0 Å². The number of aliphatic hydroxyl groups is 2. The van der Waals surface area contributed by atoms with Crippen LogP contribution in [0.2, 0.25) is 0 Å². The second kappa shape index (κ2) is 8.47. The van der Waals surface area contributed by atoms with Crippen LogP contribution in [0.15, 0.2) is 51.8 Å². The number of allylic oxidation sites excluding steroid dienone is 1. The molecule has 4 aliphatic rings. The summed E-state index contributed by atoms with van der Waals surface area (Å²) in [5, 5.41) is 28.4. The third kappa shape index (κ3) is 3.36. The number of rotatable bonds is 4. The summed E-state index contributed by atoms with van der Waals surface area (Å²) in [6.45, 7) is 4.33. The number of hydrogen-bond acceptors (Lipinski definition) is 8. The summed E-state index contributed by atoms with van der Waals surface area (Å²) in [4.78, 5) is 22.8. The molecule has 3 fully saturated rings. The van der Waals surface area contributed by atoms with Gasteiger partial charge in [-0.1, -0.05) is 48.5 Å². The molecule has 198 valence electrons. The quantitative estimate of drug-likeness (QED) is 0.459. The van der Waals surface area contributed by atoms with Gasteiger partial charge in [0.05, 0.1) is 35.3 Å². The molecular formula is C30H33N3O4S. The van der Waals surface area contributed by atoms with Crippen molar-refractivity contribution in [3.8, 4) is 0 Å². The Labute approximate surface area is 226 Å². The molecule has 0 bridgehead atoms. The van der Waals surface area contributed by atoms with E-state index in [9.17, 15) is 15.0 Å². The maximum absolute atomic E-state index is 13.7. The molecule has 0 amide bonds. The van der Waals surface area contributed by atoms with E-state index < -0.39 is 17.1 Å². The lowest BCUT2D eigenvalue weighted by molar-refractivity contribution is -0.177. The van der Waals surface area contributed by atoms with E-state index in [4.69, 9.17) is 4.52 Å². The van der Waals surface area contributed by atoms with Gasteiger partial charge in [-0.2, -0.15) is 0 Å². The van der Waals surface area contributed by atoms with Gasteiger partial charge in [0.15, 0.2) is 11.5 Å². The second-order valence-corrected chi connectivity index (χ2v) is 13.3. The summed E-state index contributed by atoms with van der Waals surface area (Å²) < 4.78 is 5.46. The van der Waals surface area contributed by atoms with Gasteiger partial charge in [0.1, 0.15) is 10.6 Å². The van der Waals surface area contributed by atoms with Crippen LogP contribution in [0.3, 0.4) is 0 Å². The predicted molar refractivity (Wildman–Crippen MR) is 144 cm³/mol. The summed E-state index contributed by atoms with van der Waals surface area (Å²) in [6.07, 6.45) is 9.45. The van der Waals surface area contributed by atoms with Gasteiger partial charge in [-0.15, -0.1) is 0 Å². The Bertz CT molecular complexity index is 1470. The zero-order valence-electron chi connectivity index (χ0n) is 21.8. The van der Waals surface area contributed by atoms with Gasteiger partial charge >= 0.3 is 0 Å². The lowest BCUT2D eigenvalue weighted by atomic mass is 9.45. The summed E-state index contributed by atoms with van der Waals surface area (Å²) in [6, 6.07) is 7.66. The molecule has 0 radical (unpaired) electrons. The largest absolute Gasteiger partial charge is 0.393 e.